The van der Waals surface area contributed by atoms with Gasteiger partial charge in [-0.1, -0.05) is 0 Å². The lowest BCUT2D eigenvalue weighted by Crippen LogP contribution is -2.28. The number of allylic oxidation sites excluding steroid dienone is 1. The third kappa shape index (κ3) is 5.42. The van der Waals surface area contributed by atoms with Crippen molar-refractivity contribution < 1.29 is 9.53 Å². The molecule has 0 rings (SSSR count). The van der Waals surface area contributed by atoms with Crippen molar-refractivity contribution >= 4 is 5.97 Å². The van der Waals surface area contributed by atoms with E-state index in [0.717, 1.165) is 5.70 Å². The Morgan fingerprint density at radius 1 is 1.55 bits per heavy atom. The predicted molar refractivity (Wildman–Crippen MR) is 42.6 cm³/mol. The fraction of sp³-hybridized carbons (Fsp3) is 0.571. The fourth-order valence-corrected chi connectivity index (χ4v) is 0.621. The summed E-state index contributed by atoms with van der Waals surface area (Å²) >= 11 is 0. The Kier molecular flexibility index (Phi) is 4.29. The third-order valence-corrected chi connectivity index (χ3v) is 0.936. The van der Waals surface area contributed by atoms with Crippen LogP contribution in [0.5, 0.6) is 0 Å². The highest BCUT2D eigenvalue weighted by Crippen LogP contribution is 1.87. The summed E-state index contributed by atoms with van der Waals surface area (Å²) in [6.07, 6.45) is 1.39. The van der Waals surface area contributed by atoms with E-state index in [1.807, 2.05) is 14.1 Å². The first-order valence-corrected chi connectivity index (χ1v) is 3.26. The van der Waals surface area contributed by atoms with Crippen LogP contribution in [-0.4, -0.2) is 32.2 Å². The number of ether oxygens (including phenoxy) is 1. The zero-order valence-electron chi connectivity index (χ0n) is 7.34. The average Bonchev–Trinajstić information content (AvgIpc) is 1.85. The molecule has 1 N–H and O–H groups in total. The Balaban J connectivity index is 3.90. The summed E-state index contributed by atoms with van der Waals surface area (Å²) < 4.78 is 4.43. The van der Waals surface area contributed by atoms with Crippen LogP contribution in [0, 0.1) is 0 Å². The highest BCUT2D eigenvalue weighted by atomic mass is 16.5. The molecule has 4 heteroatoms. The van der Waals surface area contributed by atoms with Gasteiger partial charge in [-0.25, -0.2) is 9.80 Å². The molecule has 4 nitrogen and oxygen atoms in total. The van der Waals surface area contributed by atoms with E-state index in [1.54, 1.807) is 11.9 Å². The summed E-state index contributed by atoms with van der Waals surface area (Å²) in [5, 5.41) is 1.74. The van der Waals surface area contributed by atoms with Crippen LogP contribution >= 0.6 is 0 Å². The van der Waals surface area contributed by atoms with Crippen molar-refractivity contribution in [1.82, 2.24) is 10.4 Å². The Labute approximate surface area is 66.8 Å². The van der Waals surface area contributed by atoms with E-state index >= 15 is 0 Å². The lowest BCUT2D eigenvalue weighted by molar-refractivity contribution is -0.134. The van der Waals surface area contributed by atoms with Crippen molar-refractivity contribution in [3.63, 3.8) is 0 Å². The topological polar surface area (TPSA) is 41.6 Å². The van der Waals surface area contributed by atoms with E-state index in [-0.39, 0.29) is 5.97 Å². The second-order valence-electron chi connectivity index (χ2n) is 2.36. The molecule has 0 saturated carbocycles. The molecule has 0 bridgehead atoms. The van der Waals surface area contributed by atoms with E-state index in [0.29, 0.717) is 0 Å². The first-order chi connectivity index (χ1) is 5.06. The van der Waals surface area contributed by atoms with Crippen molar-refractivity contribution in [3.05, 3.63) is 11.8 Å². The van der Waals surface area contributed by atoms with Gasteiger partial charge < -0.3 is 10.2 Å². The molecular formula is C7H14N2O2. The standard InChI is InChI=1S/C7H14N2O2/c1-6(8-9(2)3)5-7(10)11-4/h5,8H,1-4H3/b6-5+. The number of hydrazine groups is 1. The zero-order valence-corrected chi connectivity index (χ0v) is 7.34. The van der Waals surface area contributed by atoms with Gasteiger partial charge in [-0.3, -0.25) is 0 Å². The predicted octanol–water partition coefficient (Wildman–Crippen LogP) is 0.129. The molecule has 0 aliphatic carbocycles. The third-order valence-electron chi connectivity index (χ3n) is 0.936. The highest BCUT2D eigenvalue weighted by molar-refractivity contribution is 5.82. The minimum Gasteiger partial charge on any atom is -0.466 e. The van der Waals surface area contributed by atoms with E-state index in [9.17, 15) is 4.79 Å². The molecule has 64 valence electrons. The van der Waals surface area contributed by atoms with Crippen LogP contribution in [0.2, 0.25) is 0 Å². The largest absolute Gasteiger partial charge is 0.466 e. The van der Waals surface area contributed by atoms with Crippen molar-refractivity contribution in [2.75, 3.05) is 21.2 Å². The number of carbonyl (C=O) groups is 1. The van der Waals surface area contributed by atoms with Gasteiger partial charge in [0, 0.05) is 25.9 Å². The number of carbonyl (C=O) groups excluding carboxylic acids is 1. The number of hydrogen-bond donors (Lipinski definition) is 1. The van der Waals surface area contributed by atoms with E-state index in [2.05, 4.69) is 10.2 Å². The normalized spacial score (nSPS) is 11.5. The summed E-state index contributed by atoms with van der Waals surface area (Å²) in [6.45, 7) is 1.79. The molecular weight excluding hydrogens is 144 g/mol. The molecule has 0 aliphatic rings. The maximum absolute atomic E-state index is 10.6. The van der Waals surface area contributed by atoms with Gasteiger partial charge in [0.25, 0.3) is 0 Å². The Hall–Kier alpha value is -1.03. The molecule has 0 atom stereocenters. The average molecular weight is 158 g/mol. The summed E-state index contributed by atoms with van der Waals surface area (Å²) in [6, 6.07) is 0. The molecule has 0 aliphatic heterocycles. The monoisotopic (exact) mass is 158 g/mol. The minimum absolute atomic E-state index is 0.350. The maximum atomic E-state index is 10.6. The molecule has 0 aromatic heterocycles. The summed E-state index contributed by atoms with van der Waals surface area (Å²) in [5.41, 5.74) is 3.65. The quantitative estimate of drug-likeness (QED) is 0.360. The van der Waals surface area contributed by atoms with Gasteiger partial charge in [0.05, 0.1) is 7.11 Å². The Morgan fingerprint density at radius 2 is 2.09 bits per heavy atom. The Morgan fingerprint density at radius 3 is 2.45 bits per heavy atom. The van der Waals surface area contributed by atoms with Gasteiger partial charge in [0.15, 0.2) is 0 Å². The van der Waals surface area contributed by atoms with Gasteiger partial charge in [-0.05, 0) is 6.92 Å². The summed E-state index contributed by atoms with van der Waals surface area (Å²) in [7, 11) is 5.03. The molecule has 0 heterocycles. The summed E-state index contributed by atoms with van der Waals surface area (Å²) in [5.74, 6) is -0.350. The van der Waals surface area contributed by atoms with Gasteiger partial charge in [0.1, 0.15) is 0 Å². The van der Waals surface area contributed by atoms with Gasteiger partial charge in [-0.2, -0.15) is 0 Å². The molecule has 0 fully saturated rings. The number of rotatable bonds is 3. The van der Waals surface area contributed by atoms with Gasteiger partial charge in [-0.15, -0.1) is 0 Å². The molecule has 0 radical (unpaired) electrons. The second kappa shape index (κ2) is 4.73. The number of esters is 1. The van der Waals surface area contributed by atoms with E-state index in [4.69, 9.17) is 0 Å². The first kappa shape index (κ1) is 9.97. The van der Waals surface area contributed by atoms with Crippen molar-refractivity contribution in [1.29, 1.82) is 0 Å². The lowest BCUT2D eigenvalue weighted by Gasteiger charge is -2.12. The molecule has 0 aromatic carbocycles. The van der Waals surface area contributed by atoms with Crippen LogP contribution in [0.4, 0.5) is 0 Å². The lowest BCUT2D eigenvalue weighted by atomic mass is 10.4. The maximum Gasteiger partial charge on any atom is 0.332 e. The zero-order chi connectivity index (χ0) is 8.85. The van der Waals surface area contributed by atoms with Crippen LogP contribution in [-0.2, 0) is 9.53 Å². The molecule has 0 spiro atoms. The van der Waals surface area contributed by atoms with Gasteiger partial charge >= 0.3 is 5.97 Å². The highest BCUT2D eigenvalue weighted by Gasteiger charge is 1.95. The molecule has 0 aromatic rings. The van der Waals surface area contributed by atoms with Crippen molar-refractivity contribution in [3.8, 4) is 0 Å². The molecule has 0 unspecified atom stereocenters. The molecule has 0 saturated heterocycles. The van der Waals surface area contributed by atoms with Crippen LogP contribution in [0.3, 0.4) is 0 Å². The van der Waals surface area contributed by atoms with E-state index in [1.165, 1.54) is 13.2 Å². The number of nitrogens with one attached hydrogen (secondary N) is 1. The first-order valence-electron chi connectivity index (χ1n) is 3.26. The van der Waals surface area contributed by atoms with Crippen molar-refractivity contribution in [2.24, 2.45) is 0 Å². The van der Waals surface area contributed by atoms with Crippen LogP contribution in [0.1, 0.15) is 6.92 Å². The Bertz CT molecular complexity index is 164. The smallest absolute Gasteiger partial charge is 0.332 e. The number of nitrogens with zero attached hydrogens (tertiary/aromatic N) is 1. The molecule has 11 heavy (non-hydrogen) atoms. The number of methoxy groups -OCH3 is 1. The fourth-order valence-electron chi connectivity index (χ4n) is 0.621. The minimum atomic E-state index is -0.350. The van der Waals surface area contributed by atoms with Gasteiger partial charge in [0.2, 0.25) is 0 Å². The SMILES string of the molecule is COC(=O)/C=C(\C)NN(C)C. The van der Waals surface area contributed by atoms with Crippen LogP contribution in [0.25, 0.3) is 0 Å². The van der Waals surface area contributed by atoms with Crippen molar-refractivity contribution in [2.45, 2.75) is 6.92 Å². The van der Waals surface area contributed by atoms with Crippen LogP contribution < -0.4 is 5.43 Å². The molecule has 0 amide bonds. The van der Waals surface area contributed by atoms with Crippen LogP contribution in [0.15, 0.2) is 11.8 Å². The van der Waals surface area contributed by atoms with E-state index < -0.39 is 0 Å². The summed E-state index contributed by atoms with van der Waals surface area (Å²) in [4.78, 5) is 10.6. The number of hydrogen-bond acceptors (Lipinski definition) is 4. The second-order valence-corrected chi connectivity index (χ2v) is 2.36.